The Morgan fingerprint density at radius 1 is 1.15 bits per heavy atom. The number of ether oxygens (including phenoxy) is 1. The van der Waals surface area contributed by atoms with Crippen molar-refractivity contribution in [2.75, 3.05) is 11.9 Å². The number of anilines is 1. The van der Waals surface area contributed by atoms with E-state index in [9.17, 15) is 27.6 Å². The van der Waals surface area contributed by atoms with Crippen molar-refractivity contribution in [3.8, 4) is 5.75 Å². The number of carbonyl (C=O) groups excluding carboxylic acids is 3. The first-order valence-corrected chi connectivity index (χ1v) is 10.8. The van der Waals surface area contributed by atoms with Crippen LogP contribution in [0.3, 0.4) is 0 Å². The molecule has 174 valence electrons. The lowest BCUT2D eigenvalue weighted by atomic mass is 10.2. The minimum absolute atomic E-state index is 0.0947. The molecule has 1 saturated heterocycles. The number of amidine groups is 1. The number of amides is 2. The highest BCUT2D eigenvalue weighted by molar-refractivity contribution is 8.15. The molecule has 2 aromatic carbocycles. The summed E-state index contributed by atoms with van der Waals surface area (Å²) in [5, 5.41) is 1.84. The third kappa shape index (κ3) is 5.92. The molecule has 0 spiro atoms. The molecule has 0 saturated carbocycles. The molecule has 2 amide bonds. The molecule has 1 atom stereocenters. The lowest BCUT2D eigenvalue weighted by molar-refractivity contribution is -0.137. The molecule has 0 aromatic heterocycles. The van der Waals surface area contributed by atoms with E-state index < -0.39 is 34.8 Å². The molecule has 1 aliphatic rings. The molecule has 0 aliphatic carbocycles. The Balaban J connectivity index is 1.78. The number of hydrogen-bond donors (Lipinski definition) is 1. The number of esters is 1. The van der Waals surface area contributed by atoms with E-state index in [1.54, 1.807) is 25.1 Å². The predicted octanol–water partition coefficient (Wildman–Crippen LogP) is 4.61. The van der Waals surface area contributed by atoms with Gasteiger partial charge in [-0.05, 0) is 31.2 Å². The number of aliphatic imine (C=N–C) groups is 1. The van der Waals surface area contributed by atoms with Gasteiger partial charge in [-0.3, -0.25) is 19.3 Å². The Labute approximate surface area is 192 Å². The Kier molecular flexibility index (Phi) is 7.42. The van der Waals surface area contributed by atoms with Gasteiger partial charge in [0.2, 0.25) is 11.8 Å². The largest absolute Gasteiger partial charge is 0.424 e. The quantitative estimate of drug-likeness (QED) is 0.483. The van der Waals surface area contributed by atoms with Crippen LogP contribution in [-0.2, 0) is 20.6 Å². The molecule has 0 bridgehead atoms. The van der Waals surface area contributed by atoms with Crippen LogP contribution in [0.5, 0.6) is 5.75 Å². The first-order chi connectivity index (χ1) is 15.6. The second kappa shape index (κ2) is 10.1. The maximum atomic E-state index is 13.3. The standard InChI is InChI=1S/C22H20F3N3O4S/c1-3-28-20(31)18(12-19(30)26-16-10-6-7-11-17(16)32-13(2)29)33-21(28)27-15-9-5-4-8-14(15)22(23,24)25/h4-11,18H,3,12H2,1-2H3,(H,26,30). The number of nitrogens with zero attached hydrogens (tertiary/aromatic N) is 2. The average Bonchev–Trinajstić information content (AvgIpc) is 3.02. The zero-order valence-corrected chi connectivity index (χ0v) is 18.5. The lowest BCUT2D eigenvalue weighted by Gasteiger charge is -2.15. The number of alkyl halides is 3. The maximum Gasteiger partial charge on any atom is 0.418 e. The maximum absolute atomic E-state index is 13.3. The van der Waals surface area contributed by atoms with E-state index >= 15 is 0 Å². The third-order valence-electron chi connectivity index (χ3n) is 4.55. The number of nitrogens with one attached hydrogen (secondary N) is 1. The van der Waals surface area contributed by atoms with Crippen LogP contribution in [0.15, 0.2) is 53.5 Å². The Hall–Kier alpha value is -3.34. The number of thioether (sulfide) groups is 1. The molecule has 1 aliphatic heterocycles. The summed E-state index contributed by atoms with van der Waals surface area (Å²) in [6.45, 7) is 3.08. The van der Waals surface area contributed by atoms with Crippen molar-refractivity contribution >= 4 is 46.1 Å². The SMILES string of the molecule is CCN1C(=O)C(CC(=O)Nc2ccccc2OC(C)=O)SC1=Nc1ccccc1C(F)(F)F. The van der Waals surface area contributed by atoms with Crippen LogP contribution in [0.2, 0.25) is 0 Å². The summed E-state index contributed by atoms with van der Waals surface area (Å²) in [7, 11) is 0. The first kappa shape index (κ1) is 24.3. The van der Waals surface area contributed by atoms with Gasteiger partial charge in [0, 0.05) is 19.9 Å². The predicted molar refractivity (Wildman–Crippen MR) is 118 cm³/mol. The van der Waals surface area contributed by atoms with Crippen LogP contribution < -0.4 is 10.1 Å². The molecule has 11 heteroatoms. The highest BCUT2D eigenvalue weighted by Crippen LogP contribution is 2.38. The van der Waals surface area contributed by atoms with Gasteiger partial charge in [-0.25, -0.2) is 4.99 Å². The second-order valence-corrected chi connectivity index (χ2v) is 8.11. The van der Waals surface area contributed by atoms with Crippen molar-refractivity contribution in [2.24, 2.45) is 4.99 Å². The highest BCUT2D eigenvalue weighted by atomic mass is 32.2. The van der Waals surface area contributed by atoms with Crippen molar-refractivity contribution in [1.29, 1.82) is 0 Å². The summed E-state index contributed by atoms with van der Waals surface area (Å²) >= 11 is 0.932. The zero-order valence-electron chi connectivity index (χ0n) is 17.7. The Bertz CT molecular complexity index is 1100. The van der Waals surface area contributed by atoms with Crippen LogP contribution in [0.4, 0.5) is 24.5 Å². The number of halogens is 3. The van der Waals surface area contributed by atoms with Crippen LogP contribution >= 0.6 is 11.8 Å². The zero-order chi connectivity index (χ0) is 24.2. The molecule has 1 heterocycles. The average molecular weight is 479 g/mol. The van der Waals surface area contributed by atoms with Gasteiger partial charge in [0.1, 0.15) is 5.25 Å². The molecule has 3 rings (SSSR count). The summed E-state index contributed by atoms with van der Waals surface area (Å²) in [6.07, 6.45) is -4.84. The molecule has 7 nitrogen and oxygen atoms in total. The monoisotopic (exact) mass is 479 g/mol. The summed E-state index contributed by atoms with van der Waals surface area (Å²) in [5.41, 5.74) is -0.961. The number of hydrogen-bond acceptors (Lipinski definition) is 6. The fraction of sp³-hybridized carbons (Fsp3) is 0.273. The van der Waals surface area contributed by atoms with Crippen LogP contribution in [0.25, 0.3) is 0 Å². The van der Waals surface area contributed by atoms with E-state index in [1.165, 1.54) is 36.1 Å². The fourth-order valence-corrected chi connectivity index (χ4v) is 4.33. The summed E-state index contributed by atoms with van der Waals surface area (Å²) in [5.74, 6) is -1.34. The van der Waals surface area contributed by atoms with E-state index in [1.807, 2.05) is 0 Å². The number of para-hydroxylation sites is 3. The van der Waals surface area contributed by atoms with Crippen molar-refractivity contribution in [3.05, 3.63) is 54.1 Å². The lowest BCUT2D eigenvalue weighted by Crippen LogP contribution is -2.33. The van der Waals surface area contributed by atoms with E-state index in [2.05, 4.69) is 10.3 Å². The topological polar surface area (TPSA) is 88.1 Å². The van der Waals surface area contributed by atoms with Gasteiger partial charge in [0.05, 0.1) is 16.9 Å². The molecular weight excluding hydrogens is 459 g/mol. The Morgan fingerprint density at radius 2 is 1.82 bits per heavy atom. The first-order valence-electron chi connectivity index (χ1n) is 9.90. The third-order valence-corrected chi connectivity index (χ3v) is 5.72. The normalized spacial score (nSPS) is 17.4. The number of rotatable bonds is 6. The molecule has 1 unspecified atom stereocenters. The van der Waals surface area contributed by atoms with Crippen LogP contribution in [0, 0.1) is 0 Å². The van der Waals surface area contributed by atoms with E-state index in [4.69, 9.17) is 4.74 Å². The van der Waals surface area contributed by atoms with E-state index in [0.29, 0.717) is 0 Å². The highest BCUT2D eigenvalue weighted by Gasteiger charge is 2.39. The van der Waals surface area contributed by atoms with Crippen molar-refractivity contribution < 1.29 is 32.3 Å². The van der Waals surface area contributed by atoms with Gasteiger partial charge < -0.3 is 10.1 Å². The summed E-state index contributed by atoms with van der Waals surface area (Å²) in [6, 6.07) is 11.1. The molecule has 1 N–H and O–H groups in total. The molecular formula is C22H20F3N3O4S. The van der Waals surface area contributed by atoms with Gasteiger partial charge in [-0.2, -0.15) is 13.2 Å². The van der Waals surface area contributed by atoms with E-state index in [-0.39, 0.29) is 35.3 Å². The van der Waals surface area contributed by atoms with Gasteiger partial charge in [-0.15, -0.1) is 0 Å². The smallest absolute Gasteiger partial charge is 0.418 e. The van der Waals surface area contributed by atoms with Gasteiger partial charge >= 0.3 is 12.1 Å². The molecule has 2 aromatic rings. The summed E-state index contributed by atoms with van der Waals surface area (Å²) < 4.78 is 45.0. The number of benzene rings is 2. The minimum atomic E-state index is -4.60. The summed E-state index contributed by atoms with van der Waals surface area (Å²) in [4.78, 5) is 41.9. The molecule has 1 fully saturated rings. The van der Waals surface area contributed by atoms with Crippen LogP contribution in [-0.4, -0.2) is 39.6 Å². The van der Waals surface area contributed by atoms with Gasteiger partial charge in [0.25, 0.3) is 0 Å². The molecule has 33 heavy (non-hydrogen) atoms. The van der Waals surface area contributed by atoms with Gasteiger partial charge in [0.15, 0.2) is 10.9 Å². The van der Waals surface area contributed by atoms with Crippen LogP contribution in [0.1, 0.15) is 25.8 Å². The second-order valence-electron chi connectivity index (χ2n) is 6.94. The fourth-order valence-electron chi connectivity index (χ4n) is 3.11. The van der Waals surface area contributed by atoms with Crippen molar-refractivity contribution in [1.82, 2.24) is 4.90 Å². The van der Waals surface area contributed by atoms with Crippen molar-refractivity contribution in [2.45, 2.75) is 31.7 Å². The number of carbonyl (C=O) groups is 3. The van der Waals surface area contributed by atoms with Gasteiger partial charge in [-0.1, -0.05) is 36.0 Å². The van der Waals surface area contributed by atoms with Crippen molar-refractivity contribution in [3.63, 3.8) is 0 Å². The van der Waals surface area contributed by atoms with E-state index in [0.717, 1.165) is 17.8 Å². The Morgan fingerprint density at radius 3 is 2.48 bits per heavy atom. The minimum Gasteiger partial charge on any atom is -0.424 e. The molecule has 0 radical (unpaired) electrons.